The Morgan fingerprint density at radius 2 is 1.96 bits per heavy atom. The Morgan fingerprint density at radius 1 is 1.23 bits per heavy atom. The van der Waals surface area contributed by atoms with E-state index in [-0.39, 0.29) is 24.1 Å². The van der Waals surface area contributed by atoms with Gasteiger partial charge in [0.15, 0.2) is 0 Å². The Labute approximate surface area is 153 Å². The number of methoxy groups -OCH3 is 1. The lowest BCUT2D eigenvalue weighted by atomic mass is 10.0. The van der Waals surface area contributed by atoms with Crippen LogP contribution >= 0.6 is 0 Å². The highest BCUT2D eigenvalue weighted by molar-refractivity contribution is 5.97. The third-order valence-electron chi connectivity index (χ3n) is 4.24. The van der Waals surface area contributed by atoms with Crippen molar-refractivity contribution >= 4 is 5.91 Å². The fourth-order valence-corrected chi connectivity index (χ4v) is 2.68. The number of para-hydroxylation sites is 1. The number of halogens is 1. The molecule has 2 rings (SSSR count). The van der Waals surface area contributed by atoms with Crippen LogP contribution in [0.3, 0.4) is 0 Å². The first-order valence-corrected chi connectivity index (χ1v) is 8.49. The van der Waals surface area contributed by atoms with E-state index in [0.29, 0.717) is 18.7 Å². The average molecular weight is 360 g/mol. The molecule has 0 fully saturated rings. The molecule has 2 aromatic rings. The number of carbonyl (C=O) groups is 1. The number of likely N-dealkylation sites (N-methyl/N-ethyl adjacent to an activating group) is 1. The first kappa shape index (κ1) is 19.7. The van der Waals surface area contributed by atoms with Gasteiger partial charge in [-0.05, 0) is 43.2 Å². The van der Waals surface area contributed by atoms with Crippen molar-refractivity contribution in [1.29, 1.82) is 0 Å². The average Bonchev–Trinajstić information content (AvgIpc) is 2.66. The van der Waals surface area contributed by atoms with Gasteiger partial charge in [0.25, 0.3) is 5.91 Å². The minimum Gasteiger partial charge on any atom is -0.496 e. The van der Waals surface area contributed by atoms with E-state index >= 15 is 0 Å². The van der Waals surface area contributed by atoms with Crippen molar-refractivity contribution in [2.24, 2.45) is 5.73 Å². The standard InChI is InChI=1S/C20H25FN2O3/c1-14(12-15-6-4-5-7-18(15)25-3)23(2)20(24)17-13-16(21)8-9-19(17)26-11-10-22/h4-9,13-14H,10-12,22H2,1-3H3/t14-/m0/s1. The van der Waals surface area contributed by atoms with Crippen LogP contribution in [0.1, 0.15) is 22.8 Å². The van der Waals surface area contributed by atoms with E-state index < -0.39 is 5.82 Å². The molecule has 5 nitrogen and oxygen atoms in total. The number of nitrogens with two attached hydrogens (primary N) is 1. The Balaban J connectivity index is 2.19. The monoisotopic (exact) mass is 360 g/mol. The van der Waals surface area contributed by atoms with Gasteiger partial charge in [0.2, 0.25) is 0 Å². The van der Waals surface area contributed by atoms with Crippen molar-refractivity contribution in [1.82, 2.24) is 4.90 Å². The van der Waals surface area contributed by atoms with Crippen molar-refractivity contribution in [3.63, 3.8) is 0 Å². The maximum atomic E-state index is 13.7. The van der Waals surface area contributed by atoms with Crippen molar-refractivity contribution in [3.8, 4) is 11.5 Å². The van der Waals surface area contributed by atoms with Gasteiger partial charge in [0.05, 0.1) is 12.7 Å². The van der Waals surface area contributed by atoms with Gasteiger partial charge in [-0.15, -0.1) is 0 Å². The number of carbonyl (C=O) groups excluding carboxylic acids is 1. The SMILES string of the molecule is COc1ccccc1C[C@H](C)N(C)C(=O)c1cc(F)ccc1OCCN. The molecule has 2 N–H and O–H groups in total. The number of nitrogens with zero attached hydrogens (tertiary/aromatic N) is 1. The molecule has 0 saturated carbocycles. The topological polar surface area (TPSA) is 64.8 Å². The molecule has 0 saturated heterocycles. The highest BCUT2D eigenvalue weighted by Gasteiger charge is 2.22. The van der Waals surface area contributed by atoms with E-state index in [9.17, 15) is 9.18 Å². The van der Waals surface area contributed by atoms with Crippen LogP contribution in [0.2, 0.25) is 0 Å². The van der Waals surface area contributed by atoms with Crippen LogP contribution in [-0.4, -0.2) is 44.2 Å². The highest BCUT2D eigenvalue weighted by atomic mass is 19.1. The van der Waals surface area contributed by atoms with Crippen LogP contribution in [0, 0.1) is 5.82 Å². The molecule has 1 atom stereocenters. The number of benzene rings is 2. The van der Waals surface area contributed by atoms with Gasteiger partial charge >= 0.3 is 0 Å². The second kappa shape index (κ2) is 9.20. The Bertz CT molecular complexity index is 752. The summed E-state index contributed by atoms with van der Waals surface area (Å²) in [7, 11) is 3.31. The first-order valence-electron chi connectivity index (χ1n) is 8.49. The maximum Gasteiger partial charge on any atom is 0.257 e. The fraction of sp³-hybridized carbons (Fsp3) is 0.350. The van der Waals surface area contributed by atoms with Crippen LogP contribution in [-0.2, 0) is 6.42 Å². The lowest BCUT2D eigenvalue weighted by Gasteiger charge is -2.26. The van der Waals surface area contributed by atoms with E-state index in [1.807, 2.05) is 31.2 Å². The van der Waals surface area contributed by atoms with Gasteiger partial charge < -0.3 is 20.1 Å². The molecule has 1 amide bonds. The zero-order valence-corrected chi connectivity index (χ0v) is 15.4. The summed E-state index contributed by atoms with van der Waals surface area (Å²) in [6.07, 6.45) is 0.612. The molecular weight excluding hydrogens is 335 g/mol. The molecule has 140 valence electrons. The molecule has 0 spiro atoms. The highest BCUT2D eigenvalue weighted by Crippen LogP contribution is 2.24. The second-order valence-electron chi connectivity index (χ2n) is 6.06. The van der Waals surface area contributed by atoms with Gasteiger partial charge in [-0.3, -0.25) is 4.79 Å². The Kier molecular flexibility index (Phi) is 6.97. The quantitative estimate of drug-likeness (QED) is 0.786. The van der Waals surface area contributed by atoms with Crippen LogP contribution in [0.25, 0.3) is 0 Å². The smallest absolute Gasteiger partial charge is 0.257 e. The van der Waals surface area contributed by atoms with Crippen LogP contribution in [0.4, 0.5) is 4.39 Å². The Hall–Kier alpha value is -2.60. The summed E-state index contributed by atoms with van der Waals surface area (Å²) in [5, 5.41) is 0. The predicted molar refractivity (Wildman–Crippen MR) is 99.2 cm³/mol. The van der Waals surface area contributed by atoms with Crippen LogP contribution in [0.5, 0.6) is 11.5 Å². The normalized spacial score (nSPS) is 11.7. The summed E-state index contributed by atoms with van der Waals surface area (Å²) >= 11 is 0. The number of amides is 1. The zero-order chi connectivity index (χ0) is 19.1. The van der Waals surface area contributed by atoms with E-state index in [4.69, 9.17) is 15.2 Å². The lowest BCUT2D eigenvalue weighted by molar-refractivity contribution is 0.0738. The summed E-state index contributed by atoms with van der Waals surface area (Å²) in [5.41, 5.74) is 6.64. The number of rotatable bonds is 8. The van der Waals surface area contributed by atoms with E-state index in [2.05, 4.69) is 0 Å². The Morgan fingerprint density at radius 3 is 2.65 bits per heavy atom. The summed E-state index contributed by atoms with van der Waals surface area (Å²) in [5.74, 6) is 0.314. The molecule has 0 bridgehead atoms. The lowest BCUT2D eigenvalue weighted by Crippen LogP contribution is -2.36. The molecule has 26 heavy (non-hydrogen) atoms. The number of hydrogen-bond acceptors (Lipinski definition) is 4. The fourth-order valence-electron chi connectivity index (χ4n) is 2.68. The number of ether oxygens (including phenoxy) is 2. The van der Waals surface area contributed by atoms with Crippen molar-refractivity contribution in [3.05, 3.63) is 59.4 Å². The molecule has 0 aromatic heterocycles. The maximum absolute atomic E-state index is 13.7. The predicted octanol–water partition coefficient (Wildman–Crippen LogP) is 2.88. The molecule has 6 heteroatoms. The van der Waals surface area contributed by atoms with Gasteiger partial charge in [-0.1, -0.05) is 18.2 Å². The molecule has 0 radical (unpaired) electrons. The molecule has 0 aliphatic heterocycles. The van der Waals surface area contributed by atoms with Gasteiger partial charge in [0, 0.05) is 19.6 Å². The van der Waals surface area contributed by atoms with Crippen molar-refractivity contribution in [2.45, 2.75) is 19.4 Å². The van der Waals surface area contributed by atoms with E-state index in [1.165, 1.54) is 18.2 Å². The molecule has 0 aliphatic rings. The van der Waals surface area contributed by atoms with Crippen LogP contribution in [0.15, 0.2) is 42.5 Å². The second-order valence-corrected chi connectivity index (χ2v) is 6.06. The summed E-state index contributed by atoms with van der Waals surface area (Å²) in [6, 6.07) is 11.5. The molecule has 0 heterocycles. The van der Waals surface area contributed by atoms with Gasteiger partial charge in [-0.25, -0.2) is 4.39 Å². The third kappa shape index (κ3) is 4.73. The molecule has 0 aliphatic carbocycles. The van der Waals surface area contributed by atoms with E-state index in [1.54, 1.807) is 19.1 Å². The zero-order valence-electron chi connectivity index (χ0n) is 15.4. The molecule has 0 unspecified atom stereocenters. The summed E-state index contributed by atoms with van der Waals surface area (Å²) in [6.45, 7) is 2.50. The minimum atomic E-state index is -0.487. The minimum absolute atomic E-state index is 0.121. The molecular formula is C20H25FN2O3. The van der Waals surface area contributed by atoms with E-state index in [0.717, 1.165) is 11.3 Å². The van der Waals surface area contributed by atoms with Gasteiger partial charge in [0.1, 0.15) is 23.9 Å². The van der Waals surface area contributed by atoms with Crippen molar-refractivity contribution in [2.75, 3.05) is 27.3 Å². The van der Waals surface area contributed by atoms with Crippen molar-refractivity contribution < 1.29 is 18.7 Å². The number of hydrogen-bond donors (Lipinski definition) is 1. The third-order valence-corrected chi connectivity index (χ3v) is 4.24. The first-order chi connectivity index (χ1) is 12.5. The largest absolute Gasteiger partial charge is 0.496 e. The summed E-state index contributed by atoms with van der Waals surface area (Å²) in [4.78, 5) is 14.5. The van der Waals surface area contributed by atoms with Gasteiger partial charge in [-0.2, -0.15) is 0 Å². The summed E-state index contributed by atoms with van der Waals surface area (Å²) < 4.78 is 24.5. The van der Waals surface area contributed by atoms with Crippen LogP contribution < -0.4 is 15.2 Å². The molecule has 2 aromatic carbocycles.